The average molecular weight is 694 g/mol. The molecule has 0 saturated heterocycles. The largest absolute Gasteiger partial charge is 0.456 e. The van der Waals surface area contributed by atoms with Crippen molar-refractivity contribution in [1.82, 2.24) is 15.0 Å². The molecule has 0 amide bonds. The number of furan rings is 2. The summed E-state index contributed by atoms with van der Waals surface area (Å²) in [6.07, 6.45) is 5.23. The first-order valence-electron chi connectivity index (χ1n) is 18.3. The highest BCUT2D eigenvalue weighted by molar-refractivity contribution is 6.13. The topological polar surface area (TPSA) is 65.0 Å². The van der Waals surface area contributed by atoms with Crippen molar-refractivity contribution in [1.29, 1.82) is 0 Å². The molecule has 11 rings (SSSR count). The lowest BCUT2D eigenvalue weighted by Crippen LogP contribution is -2.12. The molecule has 254 valence electrons. The molecule has 5 nitrogen and oxygen atoms in total. The quantitative estimate of drug-likeness (QED) is 0.179. The molecule has 1 aliphatic rings. The Morgan fingerprint density at radius 3 is 2.04 bits per heavy atom. The number of para-hydroxylation sites is 1. The molecule has 10 aromatic rings. The summed E-state index contributed by atoms with van der Waals surface area (Å²) in [5.74, 6) is 2.02. The van der Waals surface area contributed by atoms with Crippen LogP contribution in [0.4, 0.5) is 0 Å². The highest BCUT2D eigenvalue weighted by atomic mass is 16.3. The van der Waals surface area contributed by atoms with Gasteiger partial charge in [0, 0.05) is 38.6 Å². The van der Waals surface area contributed by atoms with E-state index in [-0.39, 0.29) is 5.92 Å². The van der Waals surface area contributed by atoms with Crippen LogP contribution in [-0.2, 0) is 6.42 Å². The van der Waals surface area contributed by atoms with Gasteiger partial charge in [-0.15, -0.1) is 0 Å². The second-order valence-electron chi connectivity index (χ2n) is 14.0. The minimum atomic E-state index is 0.00376. The van der Waals surface area contributed by atoms with Crippen molar-refractivity contribution in [3.63, 3.8) is 0 Å². The summed E-state index contributed by atoms with van der Waals surface area (Å²) in [6, 6.07) is 54.6. The number of rotatable bonds is 5. The van der Waals surface area contributed by atoms with Crippen LogP contribution in [0.25, 0.3) is 95.0 Å². The molecule has 0 bridgehead atoms. The lowest BCUT2D eigenvalue weighted by molar-refractivity contribution is 0.669. The van der Waals surface area contributed by atoms with Gasteiger partial charge in [0.15, 0.2) is 11.6 Å². The molecule has 5 heteroatoms. The Kier molecular flexibility index (Phi) is 6.92. The second kappa shape index (κ2) is 12.2. The van der Waals surface area contributed by atoms with Crippen LogP contribution in [0.1, 0.15) is 22.9 Å². The normalized spacial score (nSPS) is 14.0. The predicted octanol–water partition coefficient (Wildman–Crippen LogP) is 12.7. The fraction of sp³-hybridized carbons (Fsp3) is 0.0408. The van der Waals surface area contributed by atoms with Gasteiger partial charge in [-0.3, -0.25) is 0 Å². The zero-order chi connectivity index (χ0) is 35.6. The van der Waals surface area contributed by atoms with Crippen molar-refractivity contribution in [2.24, 2.45) is 0 Å². The minimum absolute atomic E-state index is 0.00376. The lowest BCUT2D eigenvalue weighted by atomic mass is 9.89. The van der Waals surface area contributed by atoms with Crippen LogP contribution in [0, 0.1) is 0 Å². The van der Waals surface area contributed by atoms with Gasteiger partial charge in [-0.1, -0.05) is 133 Å². The molecule has 3 aromatic heterocycles. The fourth-order valence-electron chi connectivity index (χ4n) is 7.93. The maximum Gasteiger partial charge on any atom is 0.164 e. The van der Waals surface area contributed by atoms with Crippen LogP contribution in [0.5, 0.6) is 0 Å². The molecule has 3 heterocycles. The van der Waals surface area contributed by atoms with Crippen LogP contribution >= 0.6 is 0 Å². The van der Waals surface area contributed by atoms with Gasteiger partial charge in [0.25, 0.3) is 0 Å². The zero-order valence-corrected chi connectivity index (χ0v) is 29.1. The first-order valence-corrected chi connectivity index (χ1v) is 18.3. The van der Waals surface area contributed by atoms with Gasteiger partial charge in [-0.05, 0) is 76.2 Å². The summed E-state index contributed by atoms with van der Waals surface area (Å²) in [5.41, 5.74) is 12.2. The summed E-state index contributed by atoms with van der Waals surface area (Å²) in [4.78, 5) is 15.6. The van der Waals surface area contributed by atoms with E-state index in [2.05, 4.69) is 133 Å². The third-order valence-corrected chi connectivity index (χ3v) is 10.7. The van der Waals surface area contributed by atoms with Crippen molar-refractivity contribution in [3.05, 3.63) is 181 Å². The van der Waals surface area contributed by atoms with Crippen molar-refractivity contribution in [2.45, 2.75) is 12.3 Å². The van der Waals surface area contributed by atoms with Gasteiger partial charge in [-0.2, -0.15) is 0 Å². The van der Waals surface area contributed by atoms with Crippen LogP contribution in [0.15, 0.2) is 173 Å². The van der Waals surface area contributed by atoms with E-state index in [4.69, 9.17) is 23.8 Å². The minimum Gasteiger partial charge on any atom is -0.456 e. The Morgan fingerprint density at radius 2 is 1.11 bits per heavy atom. The maximum absolute atomic E-state index is 6.47. The van der Waals surface area contributed by atoms with Crippen molar-refractivity contribution in [3.8, 4) is 45.0 Å². The average Bonchev–Trinajstić information content (AvgIpc) is 3.81. The molecule has 1 unspecified atom stereocenters. The van der Waals surface area contributed by atoms with E-state index >= 15 is 0 Å². The van der Waals surface area contributed by atoms with E-state index < -0.39 is 0 Å². The third-order valence-electron chi connectivity index (χ3n) is 10.7. The van der Waals surface area contributed by atoms with Gasteiger partial charge >= 0.3 is 0 Å². The van der Waals surface area contributed by atoms with E-state index in [0.717, 1.165) is 83.9 Å². The van der Waals surface area contributed by atoms with E-state index in [1.165, 1.54) is 16.7 Å². The first kappa shape index (κ1) is 30.5. The molecule has 0 N–H and O–H groups in total. The highest BCUT2D eigenvalue weighted by Crippen LogP contribution is 2.40. The molecule has 0 aliphatic heterocycles. The first-order chi connectivity index (χ1) is 26.7. The SMILES string of the molecule is C1=CC(c2nc(-c3ccc(-c4ccccc4)cc3)nc(-c3cccc4oc5ccc(-c6ccc7c(c6)oc6ccccc67)cc5c34)n2)Cc2ccccc21. The fourth-order valence-corrected chi connectivity index (χ4v) is 7.93. The Labute approximate surface area is 310 Å². The van der Waals surface area contributed by atoms with E-state index in [0.29, 0.717) is 11.6 Å². The summed E-state index contributed by atoms with van der Waals surface area (Å²) < 4.78 is 12.7. The van der Waals surface area contributed by atoms with E-state index in [1.807, 2.05) is 36.4 Å². The maximum atomic E-state index is 6.47. The van der Waals surface area contributed by atoms with Gasteiger partial charge in [-0.25, -0.2) is 15.0 Å². The summed E-state index contributed by atoms with van der Waals surface area (Å²) in [7, 11) is 0. The highest BCUT2D eigenvalue weighted by Gasteiger charge is 2.23. The summed E-state index contributed by atoms with van der Waals surface area (Å²) in [6.45, 7) is 0. The van der Waals surface area contributed by atoms with Crippen LogP contribution < -0.4 is 0 Å². The Hall–Kier alpha value is -7.11. The molecule has 54 heavy (non-hydrogen) atoms. The monoisotopic (exact) mass is 693 g/mol. The number of hydrogen-bond donors (Lipinski definition) is 0. The molecule has 0 radical (unpaired) electrons. The zero-order valence-electron chi connectivity index (χ0n) is 29.1. The molecule has 0 saturated carbocycles. The molecule has 1 aliphatic carbocycles. The van der Waals surface area contributed by atoms with Gasteiger partial charge < -0.3 is 8.83 Å². The number of nitrogens with zero attached hydrogens (tertiary/aromatic N) is 3. The van der Waals surface area contributed by atoms with Crippen LogP contribution in [-0.4, -0.2) is 15.0 Å². The standard InChI is InChI=1S/C49H31N3O2/c1-2-9-30(10-3-1)32-17-20-33(21-18-32)47-50-48(37-22-19-31-11-4-5-12-34(31)27-37)52-49(51-47)40-14-8-16-44-46(40)41-28-35(24-26-43(41)53-44)36-23-25-39-38-13-6-7-15-42(38)54-45(39)29-36/h1-26,28-29,37H,27H2. The molecule has 0 fully saturated rings. The summed E-state index contributed by atoms with van der Waals surface area (Å²) in [5, 5.41) is 4.21. The molecule has 7 aromatic carbocycles. The number of allylic oxidation sites excluding steroid dienone is 1. The van der Waals surface area contributed by atoms with Crippen molar-refractivity contribution in [2.75, 3.05) is 0 Å². The van der Waals surface area contributed by atoms with Gasteiger partial charge in [0.2, 0.25) is 0 Å². The van der Waals surface area contributed by atoms with Crippen LogP contribution in [0.3, 0.4) is 0 Å². The number of benzene rings is 7. The third kappa shape index (κ3) is 5.13. The number of aromatic nitrogens is 3. The van der Waals surface area contributed by atoms with Crippen LogP contribution in [0.2, 0.25) is 0 Å². The van der Waals surface area contributed by atoms with Crippen molar-refractivity contribution >= 4 is 50.0 Å². The molecular formula is C49H31N3O2. The number of fused-ring (bicyclic) bond motifs is 7. The lowest BCUT2D eigenvalue weighted by Gasteiger charge is -2.19. The Bertz CT molecular complexity index is 3080. The van der Waals surface area contributed by atoms with Gasteiger partial charge in [0.05, 0.1) is 0 Å². The summed E-state index contributed by atoms with van der Waals surface area (Å²) >= 11 is 0. The van der Waals surface area contributed by atoms with Gasteiger partial charge in [0.1, 0.15) is 28.2 Å². The Balaban J connectivity index is 1.06. The van der Waals surface area contributed by atoms with Crippen molar-refractivity contribution < 1.29 is 8.83 Å². The Morgan fingerprint density at radius 1 is 0.444 bits per heavy atom. The predicted molar refractivity (Wildman–Crippen MR) is 218 cm³/mol. The smallest absolute Gasteiger partial charge is 0.164 e. The van der Waals surface area contributed by atoms with E-state index in [9.17, 15) is 0 Å². The van der Waals surface area contributed by atoms with E-state index in [1.54, 1.807) is 0 Å². The molecular weight excluding hydrogens is 663 g/mol. The molecule has 0 spiro atoms. The second-order valence-corrected chi connectivity index (χ2v) is 14.0. The molecule has 1 atom stereocenters. The number of hydrogen-bond acceptors (Lipinski definition) is 5.